The van der Waals surface area contributed by atoms with Crippen LogP contribution in [0.3, 0.4) is 0 Å². The van der Waals surface area contributed by atoms with Crippen molar-refractivity contribution in [2.45, 2.75) is 32.4 Å². The zero-order chi connectivity index (χ0) is 13.3. The first kappa shape index (κ1) is 12.9. The third kappa shape index (κ3) is 2.48. The molecule has 0 radical (unpaired) electrons. The first-order valence-corrected chi connectivity index (χ1v) is 6.28. The second-order valence-electron chi connectivity index (χ2n) is 5.48. The normalized spacial score (nSPS) is 14.7. The summed E-state index contributed by atoms with van der Waals surface area (Å²) in [5.41, 5.74) is 8.55. The number of nitrogens with zero attached hydrogens (tertiary/aromatic N) is 1. The predicted octanol–water partition coefficient (Wildman–Crippen LogP) is 1.03. The molecule has 4 nitrogen and oxygen atoms in total. The summed E-state index contributed by atoms with van der Waals surface area (Å²) < 4.78 is 0. The third-order valence-corrected chi connectivity index (χ3v) is 3.62. The first-order valence-electron chi connectivity index (χ1n) is 6.28. The number of nitrogens with one attached hydrogen (secondary N) is 1. The fraction of sp³-hybridized carbons (Fsp3) is 0.500. The number of hydrogen-bond acceptors (Lipinski definition) is 3. The molecule has 0 fully saturated rings. The molecule has 0 aromatic heterocycles. The minimum atomic E-state index is -0.671. The van der Waals surface area contributed by atoms with E-state index in [4.69, 9.17) is 5.73 Å². The van der Waals surface area contributed by atoms with E-state index in [-0.39, 0.29) is 5.91 Å². The van der Waals surface area contributed by atoms with E-state index in [1.807, 2.05) is 0 Å². The molecule has 0 spiro atoms. The number of anilines is 1. The molecular formula is C14H21N3O. The summed E-state index contributed by atoms with van der Waals surface area (Å²) in [7, 11) is 2.11. The maximum absolute atomic E-state index is 11.2. The SMILES string of the molecule is CN1CCc2cc(CNC(C)(C)C(N)=O)ccc21. The molecule has 1 aromatic rings. The van der Waals surface area contributed by atoms with E-state index in [2.05, 4.69) is 35.5 Å². The smallest absolute Gasteiger partial charge is 0.237 e. The summed E-state index contributed by atoms with van der Waals surface area (Å²) in [5.74, 6) is -0.330. The summed E-state index contributed by atoms with van der Waals surface area (Å²) in [5, 5.41) is 3.19. The van der Waals surface area contributed by atoms with E-state index in [0.717, 1.165) is 13.0 Å². The summed E-state index contributed by atoms with van der Waals surface area (Å²) in [6.07, 6.45) is 1.10. The molecule has 18 heavy (non-hydrogen) atoms. The van der Waals surface area contributed by atoms with Crippen LogP contribution in [-0.4, -0.2) is 25.0 Å². The van der Waals surface area contributed by atoms with Crippen molar-refractivity contribution in [2.75, 3.05) is 18.5 Å². The molecule has 1 heterocycles. The lowest BCUT2D eigenvalue weighted by atomic mass is 10.0. The Balaban J connectivity index is 2.06. The van der Waals surface area contributed by atoms with Crippen molar-refractivity contribution in [1.29, 1.82) is 0 Å². The molecule has 0 saturated heterocycles. The number of primary amides is 1. The Kier molecular flexibility index (Phi) is 3.30. The van der Waals surface area contributed by atoms with Gasteiger partial charge in [0.25, 0.3) is 0 Å². The minimum Gasteiger partial charge on any atom is -0.374 e. The lowest BCUT2D eigenvalue weighted by Gasteiger charge is -2.22. The van der Waals surface area contributed by atoms with Crippen LogP contribution in [0.1, 0.15) is 25.0 Å². The molecule has 3 N–H and O–H groups in total. The number of hydrogen-bond donors (Lipinski definition) is 2. The highest BCUT2D eigenvalue weighted by atomic mass is 16.1. The molecule has 2 rings (SSSR count). The Hall–Kier alpha value is -1.55. The van der Waals surface area contributed by atoms with Crippen molar-refractivity contribution < 1.29 is 4.79 Å². The fourth-order valence-corrected chi connectivity index (χ4v) is 2.14. The van der Waals surface area contributed by atoms with Gasteiger partial charge in [-0.25, -0.2) is 0 Å². The molecule has 1 aromatic carbocycles. The van der Waals surface area contributed by atoms with Gasteiger partial charge in [-0.05, 0) is 37.5 Å². The van der Waals surface area contributed by atoms with Gasteiger partial charge in [-0.15, -0.1) is 0 Å². The standard InChI is InChI=1S/C14H21N3O/c1-14(2,13(15)18)16-9-10-4-5-12-11(8-10)6-7-17(12)3/h4-5,8,16H,6-7,9H2,1-3H3,(H2,15,18). The van der Waals surface area contributed by atoms with Crippen molar-refractivity contribution in [3.8, 4) is 0 Å². The molecule has 98 valence electrons. The average Bonchev–Trinajstić information content (AvgIpc) is 2.68. The van der Waals surface area contributed by atoms with Gasteiger partial charge in [0.05, 0.1) is 5.54 Å². The number of carbonyl (C=O) groups excluding carboxylic acids is 1. The van der Waals surface area contributed by atoms with Crippen molar-refractivity contribution in [3.05, 3.63) is 29.3 Å². The number of likely N-dealkylation sites (N-methyl/N-ethyl adjacent to an activating group) is 1. The van der Waals surface area contributed by atoms with Gasteiger partial charge < -0.3 is 10.6 Å². The highest BCUT2D eigenvalue weighted by molar-refractivity contribution is 5.83. The maximum Gasteiger partial charge on any atom is 0.237 e. The predicted molar refractivity (Wildman–Crippen MR) is 73.5 cm³/mol. The van der Waals surface area contributed by atoms with E-state index in [1.54, 1.807) is 13.8 Å². The van der Waals surface area contributed by atoms with Crippen LogP contribution in [0.25, 0.3) is 0 Å². The molecule has 1 amide bonds. The summed E-state index contributed by atoms with van der Waals surface area (Å²) in [4.78, 5) is 13.5. The van der Waals surface area contributed by atoms with E-state index in [9.17, 15) is 4.79 Å². The van der Waals surface area contributed by atoms with Crippen LogP contribution in [0.2, 0.25) is 0 Å². The highest BCUT2D eigenvalue weighted by Gasteiger charge is 2.24. The number of fused-ring (bicyclic) bond motifs is 1. The molecule has 4 heteroatoms. The number of carbonyl (C=O) groups is 1. The van der Waals surface area contributed by atoms with Crippen molar-refractivity contribution in [3.63, 3.8) is 0 Å². The topological polar surface area (TPSA) is 58.4 Å². The Labute approximate surface area is 108 Å². The quantitative estimate of drug-likeness (QED) is 0.835. The second-order valence-corrected chi connectivity index (χ2v) is 5.48. The number of nitrogens with two attached hydrogens (primary N) is 1. The van der Waals surface area contributed by atoms with Crippen LogP contribution in [0.15, 0.2) is 18.2 Å². The lowest BCUT2D eigenvalue weighted by molar-refractivity contribution is -0.123. The third-order valence-electron chi connectivity index (χ3n) is 3.62. The van der Waals surface area contributed by atoms with Gasteiger partial charge >= 0.3 is 0 Å². The van der Waals surface area contributed by atoms with Crippen LogP contribution in [0.5, 0.6) is 0 Å². The van der Waals surface area contributed by atoms with E-state index in [0.29, 0.717) is 6.54 Å². The van der Waals surface area contributed by atoms with E-state index in [1.165, 1.54) is 16.8 Å². The number of benzene rings is 1. The van der Waals surface area contributed by atoms with Crippen LogP contribution in [0.4, 0.5) is 5.69 Å². The molecular weight excluding hydrogens is 226 g/mol. The molecule has 0 unspecified atom stereocenters. The van der Waals surface area contributed by atoms with Crippen molar-refractivity contribution in [1.82, 2.24) is 5.32 Å². The molecule has 0 aliphatic carbocycles. The van der Waals surface area contributed by atoms with Crippen molar-refractivity contribution >= 4 is 11.6 Å². The summed E-state index contributed by atoms with van der Waals surface area (Å²) in [6, 6.07) is 6.46. The lowest BCUT2D eigenvalue weighted by Crippen LogP contribution is -2.50. The van der Waals surface area contributed by atoms with Gasteiger partial charge in [0.15, 0.2) is 0 Å². The van der Waals surface area contributed by atoms with Crippen LogP contribution in [-0.2, 0) is 17.8 Å². The molecule has 0 atom stereocenters. The molecule has 1 aliphatic rings. The summed E-state index contributed by atoms with van der Waals surface area (Å²) in [6.45, 7) is 5.35. The van der Waals surface area contributed by atoms with E-state index >= 15 is 0 Å². The highest BCUT2D eigenvalue weighted by Crippen LogP contribution is 2.27. The van der Waals surface area contributed by atoms with Gasteiger partial charge in [0.2, 0.25) is 5.91 Å². The molecule has 0 saturated carbocycles. The fourth-order valence-electron chi connectivity index (χ4n) is 2.14. The monoisotopic (exact) mass is 247 g/mol. The van der Waals surface area contributed by atoms with Crippen LogP contribution in [0, 0.1) is 0 Å². The Morgan fingerprint density at radius 2 is 2.22 bits per heavy atom. The largest absolute Gasteiger partial charge is 0.374 e. The number of rotatable bonds is 4. The average molecular weight is 247 g/mol. The summed E-state index contributed by atoms with van der Waals surface area (Å²) >= 11 is 0. The Morgan fingerprint density at radius 3 is 2.89 bits per heavy atom. The van der Waals surface area contributed by atoms with Crippen LogP contribution < -0.4 is 16.0 Å². The minimum absolute atomic E-state index is 0.330. The van der Waals surface area contributed by atoms with E-state index < -0.39 is 5.54 Å². The van der Waals surface area contributed by atoms with Crippen molar-refractivity contribution in [2.24, 2.45) is 5.73 Å². The van der Waals surface area contributed by atoms with Gasteiger partial charge in [-0.2, -0.15) is 0 Å². The zero-order valence-electron chi connectivity index (χ0n) is 11.3. The Morgan fingerprint density at radius 1 is 1.50 bits per heavy atom. The maximum atomic E-state index is 11.2. The van der Waals surface area contributed by atoms with Gasteiger partial charge in [0, 0.05) is 25.8 Å². The van der Waals surface area contributed by atoms with Gasteiger partial charge in [-0.1, -0.05) is 12.1 Å². The molecule has 0 bridgehead atoms. The van der Waals surface area contributed by atoms with Gasteiger partial charge in [0.1, 0.15) is 0 Å². The van der Waals surface area contributed by atoms with Crippen LogP contribution >= 0.6 is 0 Å². The first-order chi connectivity index (χ1) is 8.40. The Bertz CT molecular complexity index is 468. The second kappa shape index (κ2) is 4.61. The number of amides is 1. The zero-order valence-corrected chi connectivity index (χ0v) is 11.3. The molecule has 1 aliphatic heterocycles. The van der Waals surface area contributed by atoms with Gasteiger partial charge in [-0.3, -0.25) is 10.1 Å².